The van der Waals surface area contributed by atoms with Crippen molar-refractivity contribution in [2.45, 2.75) is 52.4 Å². The third kappa shape index (κ3) is 2.31. The molecule has 0 bridgehead atoms. The van der Waals surface area contributed by atoms with Crippen LogP contribution in [0.2, 0.25) is 0 Å². The Morgan fingerprint density at radius 1 is 1.50 bits per heavy atom. The highest BCUT2D eigenvalue weighted by Gasteiger charge is 2.59. The highest BCUT2D eigenvalue weighted by Crippen LogP contribution is 2.53. The van der Waals surface area contributed by atoms with Gasteiger partial charge in [-0.2, -0.15) is 0 Å². The predicted octanol–water partition coefficient (Wildman–Crippen LogP) is 1.97. The number of esters is 1. The summed E-state index contributed by atoms with van der Waals surface area (Å²) in [5.74, 6) is -0.371. The average molecular weight is 299 g/mol. The highest BCUT2D eigenvalue weighted by molar-refractivity contribution is 7.07. The lowest BCUT2D eigenvalue weighted by molar-refractivity contribution is -0.242. The lowest BCUT2D eigenvalue weighted by atomic mass is 9.57. The Labute approximate surface area is 122 Å². The molecular weight excluding hydrogens is 278 g/mol. The maximum Gasteiger partial charge on any atom is 0.326 e. The molecule has 1 heterocycles. The fourth-order valence-corrected chi connectivity index (χ4v) is 3.27. The minimum absolute atomic E-state index is 0.0234. The number of nitrogens with zero attached hydrogens (tertiary/aromatic N) is 1. The molecule has 1 fully saturated rings. The van der Waals surface area contributed by atoms with E-state index in [4.69, 9.17) is 9.47 Å². The number of rotatable bonds is 4. The van der Waals surface area contributed by atoms with Crippen LogP contribution in [0.25, 0.3) is 0 Å². The molecule has 0 radical (unpaired) electrons. The summed E-state index contributed by atoms with van der Waals surface area (Å²) in [6.45, 7) is 7.86. The molecule has 1 aromatic rings. The molecule has 20 heavy (non-hydrogen) atoms. The van der Waals surface area contributed by atoms with Gasteiger partial charge in [0, 0.05) is 30.0 Å². The molecule has 0 saturated heterocycles. The van der Waals surface area contributed by atoms with Gasteiger partial charge in [0.15, 0.2) is 0 Å². The molecule has 6 heteroatoms. The first kappa shape index (κ1) is 15.3. The summed E-state index contributed by atoms with van der Waals surface area (Å²) in [5, 5.41) is 1.74. The van der Waals surface area contributed by atoms with Gasteiger partial charge in [-0.15, -0.1) is 0 Å². The second kappa shape index (κ2) is 5.00. The van der Waals surface area contributed by atoms with Gasteiger partial charge >= 0.3 is 10.8 Å². The van der Waals surface area contributed by atoms with Gasteiger partial charge in [-0.05, 0) is 13.8 Å². The van der Waals surface area contributed by atoms with E-state index < -0.39 is 0 Å². The SMILES string of the molecule is CO[C@]1(C)C[C@H](OC(=O)Cn2c(C)csc2=O)C1(C)C. The zero-order valence-corrected chi connectivity index (χ0v) is 13.4. The van der Waals surface area contributed by atoms with E-state index in [0.717, 1.165) is 17.0 Å². The van der Waals surface area contributed by atoms with Crippen molar-refractivity contribution in [1.82, 2.24) is 4.57 Å². The Kier molecular flexibility index (Phi) is 3.81. The summed E-state index contributed by atoms with van der Waals surface area (Å²) in [4.78, 5) is 23.4. The summed E-state index contributed by atoms with van der Waals surface area (Å²) >= 11 is 1.09. The molecule has 2 rings (SSSR count). The minimum atomic E-state index is -0.371. The van der Waals surface area contributed by atoms with E-state index in [1.165, 1.54) is 4.57 Å². The van der Waals surface area contributed by atoms with E-state index in [1.54, 1.807) is 19.4 Å². The van der Waals surface area contributed by atoms with Gasteiger partial charge in [0.2, 0.25) is 0 Å². The van der Waals surface area contributed by atoms with Crippen LogP contribution in [0.15, 0.2) is 10.2 Å². The van der Waals surface area contributed by atoms with Crippen LogP contribution in [0.4, 0.5) is 0 Å². The van der Waals surface area contributed by atoms with Crippen molar-refractivity contribution < 1.29 is 14.3 Å². The molecule has 2 atom stereocenters. The average Bonchev–Trinajstić information content (AvgIpc) is 2.69. The number of thiazole rings is 1. The lowest BCUT2D eigenvalue weighted by Crippen LogP contribution is -2.64. The third-order valence-corrected chi connectivity index (χ3v) is 5.61. The number of aryl methyl sites for hydroxylation is 1. The number of methoxy groups -OCH3 is 1. The quantitative estimate of drug-likeness (QED) is 0.798. The fraction of sp³-hybridized carbons (Fsp3) is 0.714. The maximum atomic E-state index is 12.0. The number of aromatic nitrogens is 1. The Bertz CT molecular complexity index is 574. The molecule has 112 valence electrons. The van der Waals surface area contributed by atoms with E-state index in [2.05, 4.69) is 0 Å². The van der Waals surface area contributed by atoms with Gasteiger partial charge in [0.1, 0.15) is 12.6 Å². The maximum absolute atomic E-state index is 12.0. The van der Waals surface area contributed by atoms with Crippen molar-refractivity contribution in [3.8, 4) is 0 Å². The van der Waals surface area contributed by atoms with Gasteiger partial charge in [-0.25, -0.2) is 0 Å². The summed E-state index contributed by atoms with van der Waals surface area (Å²) < 4.78 is 12.4. The summed E-state index contributed by atoms with van der Waals surface area (Å²) in [6.07, 6.45) is 0.509. The van der Waals surface area contributed by atoms with Gasteiger partial charge in [-0.3, -0.25) is 14.2 Å². The van der Waals surface area contributed by atoms with E-state index >= 15 is 0 Å². The molecule has 0 N–H and O–H groups in total. The first-order valence-corrected chi connectivity index (χ1v) is 7.49. The zero-order chi connectivity index (χ0) is 15.1. The summed E-state index contributed by atoms with van der Waals surface area (Å²) in [5.41, 5.74) is 0.283. The molecule has 0 aromatic carbocycles. The van der Waals surface area contributed by atoms with Gasteiger partial charge < -0.3 is 9.47 Å². The Morgan fingerprint density at radius 3 is 2.60 bits per heavy atom. The molecule has 0 unspecified atom stereocenters. The van der Waals surface area contributed by atoms with Crippen LogP contribution in [-0.2, 0) is 20.8 Å². The van der Waals surface area contributed by atoms with E-state index in [1.807, 2.05) is 20.8 Å². The van der Waals surface area contributed by atoms with Gasteiger partial charge in [0.05, 0.1) is 5.60 Å². The molecule has 1 saturated carbocycles. The molecule has 5 nitrogen and oxygen atoms in total. The molecule has 0 spiro atoms. The van der Waals surface area contributed by atoms with Crippen LogP contribution in [0.5, 0.6) is 0 Å². The number of carbonyl (C=O) groups is 1. The van der Waals surface area contributed by atoms with E-state index in [0.29, 0.717) is 6.42 Å². The second-order valence-electron chi connectivity index (χ2n) is 6.07. The topological polar surface area (TPSA) is 57.5 Å². The highest BCUT2D eigenvalue weighted by atomic mass is 32.1. The van der Waals surface area contributed by atoms with Crippen molar-refractivity contribution in [2.24, 2.45) is 5.41 Å². The van der Waals surface area contributed by atoms with Crippen LogP contribution in [0, 0.1) is 12.3 Å². The molecule has 0 aliphatic heterocycles. The Morgan fingerprint density at radius 2 is 2.15 bits per heavy atom. The molecular formula is C14H21NO4S. The predicted molar refractivity (Wildman–Crippen MR) is 77.0 cm³/mol. The Balaban J connectivity index is 1.99. The second-order valence-corrected chi connectivity index (χ2v) is 6.89. The summed E-state index contributed by atoms with van der Waals surface area (Å²) in [7, 11) is 1.67. The van der Waals surface area contributed by atoms with Crippen LogP contribution in [-0.4, -0.2) is 29.4 Å². The normalized spacial score (nSPS) is 27.9. The van der Waals surface area contributed by atoms with Crippen molar-refractivity contribution in [3.05, 3.63) is 20.7 Å². The largest absolute Gasteiger partial charge is 0.460 e. The van der Waals surface area contributed by atoms with E-state index in [9.17, 15) is 9.59 Å². The number of ether oxygens (including phenoxy) is 2. The zero-order valence-electron chi connectivity index (χ0n) is 12.6. The molecule has 1 aromatic heterocycles. The summed E-state index contributed by atoms with van der Waals surface area (Å²) in [6, 6.07) is 0. The standard InChI is InChI=1S/C14H21NO4S/c1-9-8-20-12(17)15(9)7-11(16)19-10-6-14(4,18-5)13(10,2)3/h8,10H,6-7H2,1-5H3/t10-,14+/m0/s1. The first-order chi connectivity index (χ1) is 9.21. The van der Waals surface area contributed by atoms with Gasteiger partial charge in [-0.1, -0.05) is 25.2 Å². The lowest BCUT2D eigenvalue weighted by Gasteiger charge is -2.57. The van der Waals surface area contributed by atoms with Crippen molar-refractivity contribution in [3.63, 3.8) is 0 Å². The third-order valence-electron chi connectivity index (χ3n) is 4.73. The molecule has 0 amide bonds. The van der Waals surface area contributed by atoms with Crippen molar-refractivity contribution >= 4 is 17.3 Å². The number of hydrogen-bond acceptors (Lipinski definition) is 5. The van der Waals surface area contributed by atoms with E-state index in [-0.39, 0.29) is 34.5 Å². The molecule has 1 aliphatic rings. The van der Waals surface area contributed by atoms with Crippen LogP contribution in [0.1, 0.15) is 32.9 Å². The van der Waals surface area contributed by atoms with Crippen LogP contribution < -0.4 is 4.87 Å². The fourth-order valence-electron chi connectivity index (χ4n) is 2.54. The number of carbonyl (C=O) groups excluding carboxylic acids is 1. The van der Waals surface area contributed by atoms with Crippen LogP contribution >= 0.6 is 11.3 Å². The Hall–Kier alpha value is -1.14. The van der Waals surface area contributed by atoms with Crippen molar-refractivity contribution in [1.29, 1.82) is 0 Å². The minimum Gasteiger partial charge on any atom is -0.460 e. The smallest absolute Gasteiger partial charge is 0.326 e. The first-order valence-electron chi connectivity index (χ1n) is 6.61. The monoisotopic (exact) mass is 299 g/mol. The van der Waals surface area contributed by atoms with Crippen molar-refractivity contribution in [2.75, 3.05) is 7.11 Å². The van der Waals surface area contributed by atoms with Gasteiger partial charge in [0.25, 0.3) is 0 Å². The molecule has 1 aliphatic carbocycles. The number of hydrogen-bond donors (Lipinski definition) is 0. The van der Waals surface area contributed by atoms with Crippen LogP contribution in [0.3, 0.4) is 0 Å².